The lowest BCUT2D eigenvalue weighted by Gasteiger charge is -2.03. The molecule has 0 radical (unpaired) electrons. The zero-order valence-electron chi connectivity index (χ0n) is 15.1. The Hall–Kier alpha value is -3.21. The second-order valence-corrected chi connectivity index (χ2v) is 4.99. The Morgan fingerprint density at radius 1 is 0.846 bits per heavy atom. The summed E-state index contributed by atoms with van der Waals surface area (Å²) in [6, 6.07) is 15.0. The highest BCUT2D eigenvalue weighted by molar-refractivity contribution is 5.81. The van der Waals surface area contributed by atoms with Gasteiger partial charge in [-0.1, -0.05) is 37.4 Å². The van der Waals surface area contributed by atoms with Gasteiger partial charge in [0.15, 0.2) is 0 Å². The van der Waals surface area contributed by atoms with Gasteiger partial charge in [0.05, 0.1) is 20.5 Å². The van der Waals surface area contributed by atoms with Crippen LogP contribution in [-0.2, 0) is 27.5 Å². The number of methoxy groups -OCH3 is 2. The van der Waals surface area contributed by atoms with E-state index in [1.807, 2.05) is 48.5 Å². The topological polar surface area (TPSA) is 54.0 Å². The first-order chi connectivity index (χ1) is 12.6. The molecule has 0 saturated carbocycles. The van der Waals surface area contributed by atoms with Crippen LogP contribution in [0.2, 0.25) is 0 Å². The van der Waals surface area contributed by atoms with E-state index in [9.17, 15) is 4.79 Å². The third-order valence-corrected chi connectivity index (χ3v) is 3.23. The van der Waals surface area contributed by atoms with E-state index >= 15 is 0 Å². The number of rotatable bonds is 8. The summed E-state index contributed by atoms with van der Waals surface area (Å²) in [6.45, 7) is 7.59. The predicted octanol–water partition coefficient (Wildman–Crippen LogP) is 4.28. The highest BCUT2D eigenvalue weighted by Gasteiger charge is 1.98. The number of hydrogen-bond acceptors (Lipinski definition) is 5. The van der Waals surface area contributed by atoms with Crippen LogP contribution in [0.5, 0.6) is 11.5 Å². The summed E-state index contributed by atoms with van der Waals surface area (Å²) in [5, 5.41) is 0. The fraction of sp³-hybridized carbons (Fsp3) is 0.190. The molecule has 26 heavy (non-hydrogen) atoms. The molecule has 0 aliphatic carbocycles. The predicted molar refractivity (Wildman–Crippen MR) is 101 cm³/mol. The Bertz CT molecular complexity index is 675. The largest absolute Gasteiger partial charge is 0.497 e. The maximum atomic E-state index is 10.7. The van der Waals surface area contributed by atoms with E-state index in [4.69, 9.17) is 18.9 Å². The zero-order valence-corrected chi connectivity index (χ0v) is 15.1. The normalized spacial score (nSPS) is 9.15. The van der Waals surface area contributed by atoms with Gasteiger partial charge in [-0.15, -0.1) is 0 Å². The second-order valence-electron chi connectivity index (χ2n) is 4.99. The van der Waals surface area contributed by atoms with Gasteiger partial charge in [0, 0.05) is 6.08 Å². The van der Waals surface area contributed by atoms with Gasteiger partial charge in [0.1, 0.15) is 24.7 Å². The first kappa shape index (κ1) is 20.8. The molecule has 2 rings (SSSR count). The van der Waals surface area contributed by atoms with Crippen LogP contribution in [0.1, 0.15) is 11.1 Å². The summed E-state index contributed by atoms with van der Waals surface area (Å²) in [5.41, 5.74) is 2.02. The molecule has 2 aromatic carbocycles. The van der Waals surface area contributed by atoms with Gasteiger partial charge in [-0.05, 0) is 35.4 Å². The maximum Gasteiger partial charge on any atom is 0.330 e. The molecule has 0 unspecified atom stereocenters. The van der Waals surface area contributed by atoms with Crippen molar-refractivity contribution >= 4 is 5.97 Å². The molecule has 0 N–H and O–H groups in total. The molecular weight excluding hydrogens is 332 g/mol. The summed E-state index contributed by atoms with van der Waals surface area (Å²) in [5.74, 6) is 1.22. The third-order valence-electron chi connectivity index (χ3n) is 3.23. The van der Waals surface area contributed by atoms with Crippen LogP contribution in [-0.4, -0.2) is 20.2 Å². The van der Waals surface area contributed by atoms with Crippen molar-refractivity contribution in [2.24, 2.45) is 0 Å². The van der Waals surface area contributed by atoms with Crippen LogP contribution in [0.4, 0.5) is 0 Å². The average Bonchev–Trinajstić information content (AvgIpc) is 2.71. The van der Waals surface area contributed by atoms with Crippen molar-refractivity contribution in [1.82, 2.24) is 0 Å². The number of carbonyl (C=O) groups excluding carboxylic acids is 1. The molecule has 0 heterocycles. The third kappa shape index (κ3) is 8.06. The van der Waals surface area contributed by atoms with Crippen molar-refractivity contribution in [2.45, 2.75) is 13.2 Å². The van der Waals surface area contributed by atoms with E-state index in [1.165, 1.54) is 6.26 Å². The van der Waals surface area contributed by atoms with Crippen LogP contribution in [0.15, 0.2) is 74.0 Å². The van der Waals surface area contributed by atoms with Crippen LogP contribution < -0.4 is 9.47 Å². The Balaban J connectivity index is 0.000000263. The summed E-state index contributed by atoms with van der Waals surface area (Å²) in [6.07, 6.45) is 2.58. The number of carbonyl (C=O) groups is 1. The van der Waals surface area contributed by atoms with Crippen molar-refractivity contribution in [3.63, 3.8) is 0 Å². The van der Waals surface area contributed by atoms with Gasteiger partial charge < -0.3 is 18.9 Å². The van der Waals surface area contributed by atoms with Crippen molar-refractivity contribution in [3.05, 3.63) is 85.2 Å². The van der Waals surface area contributed by atoms with Crippen LogP contribution >= 0.6 is 0 Å². The Morgan fingerprint density at radius 3 is 1.69 bits per heavy atom. The Kier molecular flexibility index (Phi) is 9.77. The molecule has 0 amide bonds. The van der Waals surface area contributed by atoms with Gasteiger partial charge in [-0.3, -0.25) is 0 Å². The molecule has 0 spiro atoms. The lowest BCUT2D eigenvalue weighted by Crippen LogP contribution is -1.99. The van der Waals surface area contributed by atoms with Crippen molar-refractivity contribution in [3.8, 4) is 11.5 Å². The summed E-state index contributed by atoms with van der Waals surface area (Å²) < 4.78 is 19.9. The molecule has 0 fully saturated rings. The standard InChI is InChI=1S/C11H12O3.C10H12O2/c1-3-11(12)14-8-9-4-6-10(13-2)7-5-9;1-3-12-8-9-4-6-10(11-2)7-5-9/h3-7H,1,8H2,2H3;3-7H,1,8H2,2H3. The summed E-state index contributed by atoms with van der Waals surface area (Å²) >= 11 is 0. The molecule has 5 nitrogen and oxygen atoms in total. The number of esters is 1. The van der Waals surface area contributed by atoms with E-state index < -0.39 is 5.97 Å². The molecule has 0 aliphatic rings. The summed E-state index contributed by atoms with van der Waals surface area (Å²) in [7, 11) is 3.25. The van der Waals surface area contributed by atoms with E-state index in [2.05, 4.69) is 13.2 Å². The lowest BCUT2D eigenvalue weighted by molar-refractivity contribution is -0.138. The van der Waals surface area contributed by atoms with Gasteiger partial charge in [0.25, 0.3) is 0 Å². The first-order valence-corrected chi connectivity index (χ1v) is 7.90. The quantitative estimate of drug-likeness (QED) is 0.401. The van der Waals surface area contributed by atoms with Gasteiger partial charge >= 0.3 is 5.97 Å². The minimum absolute atomic E-state index is 0.259. The highest BCUT2D eigenvalue weighted by Crippen LogP contribution is 2.12. The highest BCUT2D eigenvalue weighted by atomic mass is 16.5. The van der Waals surface area contributed by atoms with E-state index in [-0.39, 0.29) is 6.61 Å². The molecule has 0 saturated heterocycles. The molecule has 0 aromatic heterocycles. The first-order valence-electron chi connectivity index (χ1n) is 7.90. The Labute approximate surface area is 154 Å². The van der Waals surface area contributed by atoms with Crippen molar-refractivity contribution in [2.75, 3.05) is 14.2 Å². The SMILES string of the molecule is C=CC(=O)OCc1ccc(OC)cc1.C=COCc1ccc(OC)cc1. The molecule has 2 aromatic rings. The molecule has 0 bridgehead atoms. The zero-order chi connectivity index (χ0) is 19.2. The van der Waals surface area contributed by atoms with Gasteiger partial charge in [-0.25, -0.2) is 4.79 Å². The van der Waals surface area contributed by atoms with Gasteiger partial charge in [0.2, 0.25) is 0 Å². The minimum atomic E-state index is -0.416. The average molecular weight is 356 g/mol. The maximum absolute atomic E-state index is 10.7. The minimum Gasteiger partial charge on any atom is -0.497 e. The fourth-order valence-electron chi connectivity index (χ4n) is 1.81. The number of ether oxygens (including phenoxy) is 4. The lowest BCUT2D eigenvalue weighted by atomic mass is 10.2. The molecule has 0 aliphatic heterocycles. The molecule has 138 valence electrons. The van der Waals surface area contributed by atoms with Crippen LogP contribution in [0.25, 0.3) is 0 Å². The van der Waals surface area contributed by atoms with Crippen molar-refractivity contribution < 1.29 is 23.7 Å². The molecular formula is C21H24O5. The fourth-order valence-corrected chi connectivity index (χ4v) is 1.81. The van der Waals surface area contributed by atoms with E-state index in [0.29, 0.717) is 6.61 Å². The Morgan fingerprint density at radius 2 is 1.31 bits per heavy atom. The van der Waals surface area contributed by atoms with E-state index in [0.717, 1.165) is 28.7 Å². The molecule has 5 heteroatoms. The van der Waals surface area contributed by atoms with E-state index in [1.54, 1.807) is 14.2 Å². The number of hydrogen-bond donors (Lipinski definition) is 0. The van der Waals surface area contributed by atoms with Crippen molar-refractivity contribution in [1.29, 1.82) is 0 Å². The smallest absolute Gasteiger partial charge is 0.330 e. The summed E-state index contributed by atoms with van der Waals surface area (Å²) in [4.78, 5) is 10.7. The monoisotopic (exact) mass is 356 g/mol. The molecule has 0 atom stereocenters. The van der Waals surface area contributed by atoms with Crippen LogP contribution in [0.3, 0.4) is 0 Å². The van der Waals surface area contributed by atoms with Crippen LogP contribution in [0, 0.1) is 0 Å². The second kappa shape index (κ2) is 12.2. The van der Waals surface area contributed by atoms with Gasteiger partial charge in [-0.2, -0.15) is 0 Å². The number of benzene rings is 2.